The Kier molecular flexibility index (Phi) is 6.46. The third kappa shape index (κ3) is 4.07. The Hall–Kier alpha value is -2.34. The van der Waals surface area contributed by atoms with Gasteiger partial charge in [0.1, 0.15) is 6.10 Å². The van der Waals surface area contributed by atoms with E-state index in [0.717, 1.165) is 11.1 Å². The summed E-state index contributed by atoms with van der Waals surface area (Å²) in [6, 6.07) is 42.0. The third-order valence-corrected chi connectivity index (χ3v) is 8.55. The summed E-state index contributed by atoms with van der Waals surface area (Å²) in [7, 11) is 6.14. The van der Waals surface area contributed by atoms with Crippen LogP contribution in [0.2, 0.25) is 0 Å². The lowest BCUT2D eigenvalue weighted by molar-refractivity contribution is -0.0804. The molecular formula is C29H28O2P2. The fraction of sp³-hybridized carbons (Fsp3) is 0.172. The molecule has 0 saturated carbocycles. The zero-order valence-electron chi connectivity index (χ0n) is 18.4. The molecule has 0 spiro atoms. The number of hydrogen-bond donors (Lipinski definition) is 0. The van der Waals surface area contributed by atoms with Crippen LogP contribution in [-0.4, -0.2) is 19.0 Å². The lowest BCUT2D eigenvalue weighted by Crippen LogP contribution is -2.40. The van der Waals surface area contributed by atoms with Gasteiger partial charge in [-0.3, -0.25) is 0 Å². The molecule has 2 nitrogen and oxygen atoms in total. The van der Waals surface area contributed by atoms with E-state index in [1.165, 1.54) is 11.1 Å². The maximum Gasteiger partial charge on any atom is 0.175 e. The maximum absolute atomic E-state index is 6.85. The van der Waals surface area contributed by atoms with E-state index in [1.54, 1.807) is 0 Å². The molecule has 0 radical (unpaired) electrons. The average molecular weight is 470 g/mol. The van der Waals surface area contributed by atoms with Gasteiger partial charge in [-0.2, -0.15) is 0 Å². The van der Waals surface area contributed by atoms with Crippen LogP contribution in [0.15, 0.2) is 121 Å². The van der Waals surface area contributed by atoms with Gasteiger partial charge in [0.05, 0.1) is 16.9 Å². The molecule has 4 atom stereocenters. The van der Waals surface area contributed by atoms with Crippen molar-refractivity contribution >= 4 is 18.5 Å². The Morgan fingerprint density at radius 1 is 0.515 bits per heavy atom. The standard InChI is InChI=1S/C29H28O2P2/c32-28(22-13-5-1-6-14-22,23-15-7-2-8-16-23)26-21-30-27(31-26)29(33,24-17-9-3-10-18-24)25-19-11-4-12-20-25/h1-20,26-27H,21,32-33H2/t26-,27-/m1/s1. The van der Waals surface area contributed by atoms with Crippen molar-refractivity contribution in [3.63, 3.8) is 0 Å². The molecule has 0 N–H and O–H groups in total. The molecule has 1 heterocycles. The predicted molar refractivity (Wildman–Crippen MR) is 141 cm³/mol. The minimum absolute atomic E-state index is 0.176. The molecule has 4 aromatic rings. The van der Waals surface area contributed by atoms with E-state index < -0.39 is 16.6 Å². The van der Waals surface area contributed by atoms with Gasteiger partial charge < -0.3 is 9.47 Å². The largest absolute Gasteiger partial charge is 0.348 e. The summed E-state index contributed by atoms with van der Waals surface area (Å²) >= 11 is 0. The quantitative estimate of drug-likeness (QED) is 0.305. The second-order valence-corrected chi connectivity index (χ2v) is 10.3. The minimum atomic E-state index is -0.532. The van der Waals surface area contributed by atoms with Crippen LogP contribution in [0, 0.1) is 0 Å². The van der Waals surface area contributed by atoms with E-state index in [1.807, 2.05) is 24.3 Å². The molecule has 2 unspecified atom stereocenters. The van der Waals surface area contributed by atoms with Gasteiger partial charge in [0, 0.05) is 0 Å². The molecule has 1 aliphatic rings. The van der Waals surface area contributed by atoms with Gasteiger partial charge in [0.15, 0.2) is 6.29 Å². The van der Waals surface area contributed by atoms with Gasteiger partial charge in [0.25, 0.3) is 0 Å². The summed E-state index contributed by atoms with van der Waals surface area (Å²) in [5.74, 6) is 0. The maximum atomic E-state index is 6.85. The highest BCUT2D eigenvalue weighted by Crippen LogP contribution is 2.51. The van der Waals surface area contributed by atoms with Gasteiger partial charge in [-0.25, -0.2) is 0 Å². The molecule has 33 heavy (non-hydrogen) atoms. The van der Waals surface area contributed by atoms with E-state index in [0.29, 0.717) is 6.61 Å². The summed E-state index contributed by atoms with van der Waals surface area (Å²) < 4.78 is 13.3. The van der Waals surface area contributed by atoms with E-state index in [-0.39, 0.29) is 6.10 Å². The molecule has 4 heteroatoms. The normalized spacial score (nSPS) is 18.8. The van der Waals surface area contributed by atoms with Crippen LogP contribution >= 0.6 is 18.5 Å². The fourth-order valence-electron chi connectivity index (χ4n) is 4.71. The molecule has 1 aliphatic heterocycles. The van der Waals surface area contributed by atoms with Crippen molar-refractivity contribution in [1.29, 1.82) is 0 Å². The molecular weight excluding hydrogens is 442 g/mol. The SMILES string of the molecule is PC(c1ccccc1)(c1ccccc1)[C@@H]1OC[C@H](C(P)(c2ccccc2)c2ccccc2)O1. The first-order valence-corrected chi connectivity index (χ1v) is 12.4. The monoisotopic (exact) mass is 470 g/mol. The minimum Gasteiger partial charge on any atom is -0.348 e. The Morgan fingerprint density at radius 2 is 0.848 bits per heavy atom. The summed E-state index contributed by atoms with van der Waals surface area (Å²) in [4.78, 5) is 0. The van der Waals surface area contributed by atoms with Gasteiger partial charge in [0.2, 0.25) is 0 Å². The van der Waals surface area contributed by atoms with Crippen molar-refractivity contribution < 1.29 is 9.47 Å². The number of ether oxygens (including phenoxy) is 2. The smallest absolute Gasteiger partial charge is 0.175 e. The second kappa shape index (κ2) is 9.49. The molecule has 0 aromatic heterocycles. The summed E-state index contributed by atoms with van der Waals surface area (Å²) in [5, 5.41) is -0.966. The van der Waals surface area contributed by atoms with Crippen LogP contribution in [0.4, 0.5) is 0 Å². The highest BCUT2D eigenvalue weighted by atomic mass is 31.0. The van der Waals surface area contributed by atoms with Crippen molar-refractivity contribution in [3.05, 3.63) is 144 Å². The van der Waals surface area contributed by atoms with Crippen molar-refractivity contribution in [1.82, 2.24) is 0 Å². The number of rotatable bonds is 6. The van der Waals surface area contributed by atoms with Gasteiger partial charge >= 0.3 is 0 Å². The Labute approximate surface area is 200 Å². The zero-order valence-corrected chi connectivity index (χ0v) is 20.7. The third-order valence-electron chi connectivity index (χ3n) is 6.57. The van der Waals surface area contributed by atoms with Gasteiger partial charge in [-0.15, -0.1) is 18.5 Å². The van der Waals surface area contributed by atoms with Crippen molar-refractivity contribution in [2.24, 2.45) is 0 Å². The number of benzene rings is 4. The Bertz CT molecular complexity index is 993. The average Bonchev–Trinajstić information content (AvgIpc) is 3.41. The fourth-order valence-corrected chi connectivity index (χ4v) is 5.83. The lowest BCUT2D eigenvalue weighted by atomic mass is 9.85. The van der Waals surface area contributed by atoms with Crippen LogP contribution in [0.5, 0.6) is 0 Å². The van der Waals surface area contributed by atoms with Crippen molar-refractivity contribution in [2.45, 2.75) is 22.7 Å². The zero-order chi connectivity index (χ0) is 22.7. The van der Waals surface area contributed by atoms with Crippen LogP contribution in [0.1, 0.15) is 22.3 Å². The van der Waals surface area contributed by atoms with Crippen LogP contribution < -0.4 is 0 Å². The highest BCUT2D eigenvalue weighted by Gasteiger charge is 2.50. The van der Waals surface area contributed by atoms with E-state index in [9.17, 15) is 0 Å². The van der Waals surface area contributed by atoms with Crippen molar-refractivity contribution in [2.75, 3.05) is 6.61 Å². The Morgan fingerprint density at radius 3 is 1.21 bits per heavy atom. The summed E-state index contributed by atoms with van der Waals surface area (Å²) in [6.45, 7) is 0.494. The predicted octanol–water partition coefficient (Wildman–Crippen LogP) is 6.37. The molecule has 1 saturated heterocycles. The first kappa shape index (κ1) is 22.5. The molecule has 0 amide bonds. The Balaban J connectivity index is 1.56. The second-order valence-electron chi connectivity index (χ2n) is 8.49. The first-order chi connectivity index (χ1) is 16.1. The van der Waals surface area contributed by atoms with Gasteiger partial charge in [-0.05, 0) is 22.3 Å². The molecule has 0 aliphatic carbocycles. The van der Waals surface area contributed by atoms with E-state index in [2.05, 4.69) is 116 Å². The van der Waals surface area contributed by atoms with Crippen molar-refractivity contribution in [3.8, 4) is 0 Å². The molecule has 5 rings (SSSR count). The van der Waals surface area contributed by atoms with Crippen LogP contribution in [-0.2, 0) is 19.8 Å². The van der Waals surface area contributed by atoms with Crippen LogP contribution in [0.25, 0.3) is 0 Å². The molecule has 1 fully saturated rings. The lowest BCUT2D eigenvalue weighted by Gasteiger charge is -2.38. The molecule has 166 valence electrons. The molecule has 0 bridgehead atoms. The summed E-state index contributed by atoms with van der Waals surface area (Å²) in [6.07, 6.45) is -0.630. The topological polar surface area (TPSA) is 18.5 Å². The number of hydrogen-bond acceptors (Lipinski definition) is 2. The highest BCUT2D eigenvalue weighted by molar-refractivity contribution is 7.19. The van der Waals surface area contributed by atoms with E-state index in [4.69, 9.17) is 9.47 Å². The van der Waals surface area contributed by atoms with Crippen LogP contribution in [0.3, 0.4) is 0 Å². The van der Waals surface area contributed by atoms with Gasteiger partial charge in [-0.1, -0.05) is 121 Å². The summed E-state index contributed by atoms with van der Waals surface area (Å²) in [5.41, 5.74) is 4.65. The first-order valence-electron chi connectivity index (χ1n) is 11.2. The van der Waals surface area contributed by atoms with E-state index >= 15 is 0 Å². The molecule has 4 aromatic carbocycles.